The van der Waals surface area contributed by atoms with E-state index in [-0.39, 0.29) is 12.0 Å². The van der Waals surface area contributed by atoms with Gasteiger partial charge in [0.15, 0.2) is 0 Å². The number of hydrogen-bond donors (Lipinski definition) is 2. The van der Waals surface area contributed by atoms with Gasteiger partial charge in [-0.1, -0.05) is 6.92 Å². The van der Waals surface area contributed by atoms with Gasteiger partial charge in [-0.25, -0.2) is 0 Å². The maximum Gasteiger partial charge on any atom is 0.307 e. The molecule has 4 nitrogen and oxygen atoms in total. The van der Waals surface area contributed by atoms with Gasteiger partial charge in [0.2, 0.25) is 0 Å². The van der Waals surface area contributed by atoms with E-state index in [2.05, 4.69) is 10.2 Å². The standard InChI is InChI=1S/C9H18N2O2/c1-6(9(12)13)7(2)11(3)8-4-10-5-8/h6-8,10H,4-5H2,1-3H3,(H,12,13). The molecule has 0 radical (unpaired) electrons. The normalized spacial score (nSPS) is 22.5. The van der Waals surface area contributed by atoms with E-state index in [0.29, 0.717) is 6.04 Å². The third-order valence-corrected chi connectivity index (χ3v) is 3.09. The Morgan fingerprint density at radius 3 is 2.38 bits per heavy atom. The Labute approximate surface area is 78.9 Å². The van der Waals surface area contributed by atoms with Crippen LogP contribution >= 0.6 is 0 Å². The summed E-state index contributed by atoms with van der Waals surface area (Å²) in [5, 5.41) is 12.0. The number of aliphatic carboxylic acids is 1. The van der Waals surface area contributed by atoms with E-state index in [9.17, 15) is 4.79 Å². The van der Waals surface area contributed by atoms with Crippen molar-refractivity contribution < 1.29 is 9.90 Å². The Kier molecular flexibility index (Phi) is 3.27. The Morgan fingerprint density at radius 1 is 1.54 bits per heavy atom. The molecule has 0 aromatic heterocycles. The number of carbonyl (C=O) groups is 1. The number of carboxylic acid groups (broad SMARTS) is 1. The van der Waals surface area contributed by atoms with Crippen LogP contribution in [0.5, 0.6) is 0 Å². The smallest absolute Gasteiger partial charge is 0.307 e. The summed E-state index contributed by atoms with van der Waals surface area (Å²) in [6.07, 6.45) is 0. The summed E-state index contributed by atoms with van der Waals surface area (Å²) >= 11 is 0. The number of likely N-dealkylation sites (N-methyl/N-ethyl adjacent to an activating group) is 1. The quantitative estimate of drug-likeness (QED) is 0.649. The van der Waals surface area contributed by atoms with Crippen LogP contribution in [0.4, 0.5) is 0 Å². The van der Waals surface area contributed by atoms with Gasteiger partial charge in [0, 0.05) is 25.2 Å². The molecular formula is C9H18N2O2. The summed E-state index contributed by atoms with van der Waals surface area (Å²) in [6, 6.07) is 0.612. The minimum atomic E-state index is -0.716. The molecule has 1 heterocycles. The molecule has 0 amide bonds. The molecule has 0 saturated carbocycles. The number of rotatable bonds is 4. The lowest BCUT2D eigenvalue weighted by molar-refractivity contribution is -0.143. The van der Waals surface area contributed by atoms with E-state index in [0.717, 1.165) is 13.1 Å². The molecule has 1 fully saturated rings. The number of nitrogens with zero attached hydrogens (tertiary/aromatic N) is 1. The average Bonchev–Trinajstić information content (AvgIpc) is 1.98. The van der Waals surface area contributed by atoms with E-state index in [4.69, 9.17) is 5.11 Å². The maximum atomic E-state index is 10.7. The van der Waals surface area contributed by atoms with E-state index in [1.807, 2.05) is 14.0 Å². The Bertz CT molecular complexity index is 192. The molecule has 13 heavy (non-hydrogen) atoms. The molecule has 4 heteroatoms. The molecule has 1 saturated heterocycles. The van der Waals surface area contributed by atoms with Crippen molar-refractivity contribution in [2.24, 2.45) is 5.92 Å². The number of nitrogens with one attached hydrogen (secondary N) is 1. The van der Waals surface area contributed by atoms with Crippen LogP contribution in [-0.4, -0.2) is 48.2 Å². The minimum absolute atomic E-state index is 0.101. The molecule has 76 valence electrons. The van der Waals surface area contributed by atoms with E-state index in [1.54, 1.807) is 6.92 Å². The fraction of sp³-hybridized carbons (Fsp3) is 0.889. The van der Waals surface area contributed by atoms with Crippen LogP contribution in [0.3, 0.4) is 0 Å². The van der Waals surface area contributed by atoms with Crippen molar-refractivity contribution in [1.29, 1.82) is 0 Å². The SMILES string of the molecule is CC(C(=O)O)C(C)N(C)C1CNC1. The van der Waals surface area contributed by atoms with Gasteiger partial charge in [0.05, 0.1) is 5.92 Å². The largest absolute Gasteiger partial charge is 0.481 e. The summed E-state index contributed by atoms with van der Waals surface area (Å²) in [5.41, 5.74) is 0. The predicted octanol–water partition coefficient (Wildman–Crippen LogP) is -0.000800. The monoisotopic (exact) mass is 186 g/mol. The Morgan fingerprint density at radius 2 is 2.08 bits per heavy atom. The lowest BCUT2D eigenvalue weighted by Gasteiger charge is -2.40. The molecule has 1 aliphatic heterocycles. The first-order valence-corrected chi connectivity index (χ1v) is 4.69. The van der Waals surface area contributed by atoms with Gasteiger partial charge < -0.3 is 10.4 Å². The molecule has 1 rings (SSSR count). The van der Waals surface area contributed by atoms with Crippen LogP contribution in [0.1, 0.15) is 13.8 Å². The second kappa shape index (κ2) is 4.07. The second-order valence-corrected chi connectivity index (χ2v) is 3.85. The molecule has 2 atom stereocenters. The van der Waals surface area contributed by atoms with Crippen LogP contribution in [-0.2, 0) is 4.79 Å². The fourth-order valence-corrected chi connectivity index (χ4v) is 1.45. The molecule has 0 aliphatic carbocycles. The van der Waals surface area contributed by atoms with Gasteiger partial charge in [0.25, 0.3) is 0 Å². The molecule has 0 aromatic carbocycles. The molecular weight excluding hydrogens is 168 g/mol. The Balaban J connectivity index is 2.44. The zero-order chi connectivity index (χ0) is 10.0. The van der Waals surface area contributed by atoms with Crippen LogP contribution in [0.25, 0.3) is 0 Å². The van der Waals surface area contributed by atoms with Gasteiger partial charge in [0.1, 0.15) is 0 Å². The molecule has 1 aliphatic rings. The van der Waals surface area contributed by atoms with Crippen molar-refractivity contribution in [2.75, 3.05) is 20.1 Å². The minimum Gasteiger partial charge on any atom is -0.481 e. The number of carboxylic acids is 1. The molecule has 0 spiro atoms. The van der Waals surface area contributed by atoms with Gasteiger partial charge in [-0.2, -0.15) is 0 Å². The molecule has 2 N–H and O–H groups in total. The summed E-state index contributed by atoms with van der Waals surface area (Å²) in [4.78, 5) is 12.9. The van der Waals surface area contributed by atoms with Crippen molar-refractivity contribution in [1.82, 2.24) is 10.2 Å². The van der Waals surface area contributed by atoms with Crippen LogP contribution in [0, 0.1) is 5.92 Å². The van der Waals surface area contributed by atoms with E-state index < -0.39 is 5.97 Å². The zero-order valence-corrected chi connectivity index (χ0v) is 8.45. The van der Waals surface area contributed by atoms with Crippen LogP contribution < -0.4 is 5.32 Å². The van der Waals surface area contributed by atoms with Gasteiger partial charge in [-0.15, -0.1) is 0 Å². The first-order chi connectivity index (χ1) is 6.04. The van der Waals surface area contributed by atoms with E-state index >= 15 is 0 Å². The summed E-state index contributed by atoms with van der Waals surface area (Å²) in [7, 11) is 2.00. The first-order valence-electron chi connectivity index (χ1n) is 4.69. The van der Waals surface area contributed by atoms with Crippen molar-refractivity contribution in [2.45, 2.75) is 25.9 Å². The third kappa shape index (κ3) is 2.19. The summed E-state index contributed by atoms with van der Waals surface area (Å²) in [6.45, 7) is 5.69. The lowest BCUT2D eigenvalue weighted by atomic mass is 9.99. The average molecular weight is 186 g/mol. The second-order valence-electron chi connectivity index (χ2n) is 3.85. The highest BCUT2D eigenvalue weighted by atomic mass is 16.4. The van der Waals surface area contributed by atoms with Crippen molar-refractivity contribution in [3.8, 4) is 0 Å². The first kappa shape index (κ1) is 10.5. The van der Waals surface area contributed by atoms with Gasteiger partial charge in [-0.05, 0) is 14.0 Å². The molecule has 0 aromatic rings. The predicted molar refractivity (Wildman–Crippen MR) is 50.7 cm³/mol. The highest BCUT2D eigenvalue weighted by Gasteiger charge is 2.30. The Hall–Kier alpha value is -0.610. The van der Waals surface area contributed by atoms with Crippen molar-refractivity contribution in [3.63, 3.8) is 0 Å². The maximum absolute atomic E-state index is 10.7. The molecule has 0 bridgehead atoms. The zero-order valence-electron chi connectivity index (χ0n) is 8.45. The fourth-order valence-electron chi connectivity index (χ4n) is 1.45. The van der Waals surface area contributed by atoms with Crippen LogP contribution in [0.15, 0.2) is 0 Å². The van der Waals surface area contributed by atoms with E-state index in [1.165, 1.54) is 0 Å². The number of hydrogen-bond acceptors (Lipinski definition) is 3. The summed E-state index contributed by atoms with van der Waals surface area (Å²) < 4.78 is 0. The topological polar surface area (TPSA) is 52.6 Å². The summed E-state index contributed by atoms with van der Waals surface area (Å²) in [5.74, 6) is -1.02. The van der Waals surface area contributed by atoms with Crippen molar-refractivity contribution >= 4 is 5.97 Å². The lowest BCUT2D eigenvalue weighted by Crippen LogP contribution is -2.59. The third-order valence-electron chi connectivity index (χ3n) is 3.09. The highest BCUT2D eigenvalue weighted by Crippen LogP contribution is 2.14. The molecule has 2 unspecified atom stereocenters. The van der Waals surface area contributed by atoms with Crippen LogP contribution in [0.2, 0.25) is 0 Å². The van der Waals surface area contributed by atoms with Gasteiger partial charge >= 0.3 is 5.97 Å². The highest BCUT2D eigenvalue weighted by molar-refractivity contribution is 5.70. The van der Waals surface area contributed by atoms with Crippen molar-refractivity contribution in [3.05, 3.63) is 0 Å². The van der Waals surface area contributed by atoms with Gasteiger partial charge in [-0.3, -0.25) is 9.69 Å².